The highest BCUT2D eigenvalue weighted by Gasteiger charge is 2.15. The number of allylic oxidation sites excluding steroid dienone is 2. The Morgan fingerprint density at radius 3 is 3.00 bits per heavy atom. The van der Waals surface area contributed by atoms with Gasteiger partial charge in [-0.25, -0.2) is 9.97 Å². The predicted octanol–water partition coefficient (Wildman–Crippen LogP) is 4.58. The van der Waals surface area contributed by atoms with Gasteiger partial charge in [0.05, 0.1) is 34.9 Å². The molecule has 0 fully saturated rings. The van der Waals surface area contributed by atoms with Crippen LogP contribution >= 0.6 is 11.6 Å². The van der Waals surface area contributed by atoms with E-state index in [4.69, 9.17) is 11.6 Å². The highest BCUT2D eigenvalue weighted by Crippen LogP contribution is 2.29. The molecule has 0 aromatic carbocycles. The van der Waals surface area contributed by atoms with Crippen molar-refractivity contribution in [1.29, 1.82) is 0 Å². The zero-order chi connectivity index (χ0) is 14.9. The maximum Gasteiger partial charge on any atom is 0.129 e. The summed E-state index contributed by atoms with van der Waals surface area (Å²) in [6, 6.07) is 5.98. The number of aromatic nitrogens is 4. The fraction of sp³-hybridized carbons (Fsp3) is 0.294. The van der Waals surface area contributed by atoms with Gasteiger partial charge in [-0.05, 0) is 43.9 Å². The van der Waals surface area contributed by atoms with Crippen LogP contribution < -0.4 is 0 Å². The SMILES string of the molecule is Clc1ccc2c(cc(-c3cnc[nH]3)n2CC2=CCCCC2)n1. The maximum absolute atomic E-state index is 6.05. The standard InChI is InChI=1S/C17H17ClN4/c18-17-7-6-15-13(21-17)8-16(14-9-19-11-20-14)22(15)10-12-4-2-1-3-5-12/h4,6-9,11H,1-3,5,10H2,(H,19,20). The molecular weight excluding hydrogens is 296 g/mol. The fourth-order valence-electron chi connectivity index (χ4n) is 3.16. The van der Waals surface area contributed by atoms with E-state index in [0.717, 1.165) is 29.0 Å². The van der Waals surface area contributed by atoms with Crippen molar-refractivity contribution >= 4 is 22.6 Å². The van der Waals surface area contributed by atoms with Gasteiger partial charge < -0.3 is 9.55 Å². The number of aromatic amines is 1. The molecule has 3 aromatic heterocycles. The zero-order valence-electron chi connectivity index (χ0n) is 12.2. The van der Waals surface area contributed by atoms with E-state index in [9.17, 15) is 0 Å². The van der Waals surface area contributed by atoms with Gasteiger partial charge in [-0.3, -0.25) is 0 Å². The minimum Gasteiger partial charge on any atom is -0.343 e. The Kier molecular flexibility index (Phi) is 3.47. The van der Waals surface area contributed by atoms with Crippen molar-refractivity contribution in [3.63, 3.8) is 0 Å². The van der Waals surface area contributed by atoms with E-state index < -0.39 is 0 Å². The number of rotatable bonds is 3. The van der Waals surface area contributed by atoms with Gasteiger partial charge >= 0.3 is 0 Å². The average Bonchev–Trinajstić information content (AvgIpc) is 3.16. The Labute approximate surface area is 133 Å². The summed E-state index contributed by atoms with van der Waals surface area (Å²) in [6.07, 6.45) is 10.9. The Morgan fingerprint density at radius 2 is 2.23 bits per heavy atom. The largest absolute Gasteiger partial charge is 0.343 e. The number of nitrogens with zero attached hydrogens (tertiary/aromatic N) is 3. The van der Waals surface area contributed by atoms with Crippen LogP contribution in [-0.2, 0) is 6.54 Å². The number of nitrogens with one attached hydrogen (secondary N) is 1. The van der Waals surface area contributed by atoms with Crippen molar-refractivity contribution in [1.82, 2.24) is 19.5 Å². The number of hydrogen-bond donors (Lipinski definition) is 1. The fourth-order valence-corrected chi connectivity index (χ4v) is 3.31. The van der Waals surface area contributed by atoms with Crippen LogP contribution in [0.3, 0.4) is 0 Å². The van der Waals surface area contributed by atoms with E-state index in [1.165, 1.54) is 31.3 Å². The van der Waals surface area contributed by atoms with Crippen LogP contribution in [0, 0.1) is 0 Å². The van der Waals surface area contributed by atoms with Gasteiger partial charge in [-0.1, -0.05) is 23.3 Å². The molecule has 1 N–H and O–H groups in total. The van der Waals surface area contributed by atoms with Crippen molar-refractivity contribution in [2.24, 2.45) is 0 Å². The van der Waals surface area contributed by atoms with E-state index in [1.807, 2.05) is 18.3 Å². The summed E-state index contributed by atoms with van der Waals surface area (Å²) < 4.78 is 2.31. The average molecular weight is 313 g/mol. The first-order valence-corrected chi connectivity index (χ1v) is 8.01. The third kappa shape index (κ3) is 2.44. The minimum absolute atomic E-state index is 0.526. The van der Waals surface area contributed by atoms with Gasteiger partial charge in [0.25, 0.3) is 0 Å². The van der Waals surface area contributed by atoms with Crippen LogP contribution in [0.5, 0.6) is 0 Å². The molecule has 1 aliphatic rings. The normalized spacial score (nSPS) is 15.2. The summed E-state index contributed by atoms with van der Waals surface area (Å²) in [6.45, 7) is 0.904. The Bertz CT molecular complexity index is 830. The van der Waals surface area contributed by atoms with E-state index >= 15 is 0 Å². The molecule has 4 nitrogen and oxygen atoms in total. The van der Waals surface area contributed by atoms with E-state index in [-0.39, 0.29) is 0 Å². The molecule has 4 rings (SSSR count). The lowest BCUT2D eigenvalue weighted by Crippen LogP contribution is -2.05. The van der Waals surface area contributed by atoms with Crippen molar-refractivity contribution in [3.05, 3.63) is 47.5 Å². The van der Waals surface area contributed by atoms with E-state index in [2.05, 4.69) is 31.7 Å². The smallest absolute Gasteiger partial charge is 0.129 e. The molecule has 0 spiro atoms. The second-order valence-electron chi connectivity index (χ2n) is 5.73. The van der Waals surface area contributed by atoms with Crippen LogP contribution in [0.2, 0.25) is 5.15 Å². The third-order valence-electron chi connectivity index (χ3n) is 4.24. The van der Waals surface area contributed by atoms with Gasteiger partial charge in [0, 0.05) is 6.54 Å². The monoisotopic (exact) mass is 312 g/mol. The molecule has 0 atom stereocenters. The van der Waals surface area contributed by atoms with Gasteiger partial charge in [0.1, 0.15) is 5.15 Å². The van der Waals surface area contributed by atoms with Crippen molar-refractivity contribution in [3.8, 4) is 11.4 Å². The molecule has 0 saturated heterocycles. The Balaban J connectivity index is 1.86. The second-order valence-corrected chi connectivity index (χ2v) is 6.11. The summed E-state index contributed by atoms with van der Waals surface area (Å²) >= 11 is 6.05. The molecule has 0 saturated carbocycles. The summed E-state index contributed by atoms with van der Waals surface area (Å²) in [5.41, 5.74) is 5.65. The van der Waals surface area contributed by atoms with E-state index in [1.54, 1.807) is 6.33 Å². The van der Waals surface area contributed by atoms with Crippen LogP contribution in [0.25, 0.3) is 22.4 Å². The molecule has 0 bridgehead atoms. The van der Waals surface area contributed by atoms with Crippen molar-refractivity contribution in [2.45, 2.75) is 32.2 Å². The molecule has 0 aliphatic heterocycles. The maximum atomic E-state index is 6.05. The molecule has 0 unspecified atom stereocenters. The number of imidazole rings is 1. The van der Waals surface area contributed by atoms with Crippen LogP contribution in [0.15, 0.2) is 42.4 Å². The van der Waals surface area contributed by atoms with Crippen LogP contribution in [0.1, 0.15) is 25.7 Å². The number of hydrogen-bond acceptors (Lipinski definition) is 2. The van der Waals surface area contributed by atoms with Gasteiger partial charge in [0.15, 0.2) is 0 Å². The van der Waals surface area contributed by atoms with Gasteiger partial charge in [0.2, 0.25) is 0 Å². The van der Waals surface area contributed by atoms with Gasteiger partial charge in [-0.15, -0.1) is 0 Å². The number of fused-ring (bicyclic) bond motifs is 1. The molecule has 0 radical (unpaired) electrons. The van der Waals surface area contributed by atoms with Crippen molar-refractivity contribution in [2.75, 3.05) is 0 Å². The first-order chi connectivity index (χ1) is 10.8. The third-order valence-corrected chi connectivity index (χ3v) is 4.45. The topological polar surface area (TPSA) is 46.5 Å². The number of pyridine rings is 1. The lowest BCUT2D eigenvalue weighted by molar-refractivity contribution is 0.654. The van der Waals surface area contributed by atoms with E-state index in [0.29, 0.717) is 5.15 Å². The zero-order valence-corrected chi connectivity index (χ0v) is 13.0. The molecule has 3 aromatic rings. The Morgan fingerprint density at radius 1 is 1.27 bits per heavy atom. The Hall–Kier alpha value is -2.07. The first kappa shape index (κ1) is 13.6. The summed E-state index contributed by atoms with van der Waals surface area (Å²) in [4.78, 5) is 11.8. The highest BCUT2D eigenvalue weighted by atomic mass is 35.5. The molecule has 112 valence electrons. The molecule has 1 aliphatic carbocycles. The lowest BCUT2D eigenvalue weighted by atomic mass is 9.99. The van der Waals surface area contributed by atoms with Gasteiger partial charge in [-0.2, -0.15) is 0 Å². The summed E-state index contributed by atoms with van der Waals surface area (Å²) in [7, 11) is 0. The molecule has 22 heavy (non-hydrogen) atoms. The number of halogens is 1. The lowest BCUT2D eigenvalue weighted by Gasteiger charge is -2.16. The first-order valence-electron chi connectivity index (χ1n) is 7.64. The number of H-pyrrole nitrogens is 1. The predicted molar refractivity (Wildman–Crippen MR) is 88.9 cm³/mol. The minimum atomic E-state index is 0.526. The molecule has 0 amide bonds. The molecule has 5 heteroatoms. The van der Waals surface area contributed by atoms with Crippen LogP contribution in [0.4, 0.5) is 0 Å². The van der Waals surface area contributed by atoms with Crippen molar-refractivity contribution < 1.29 is 0 Å². The summed E-state index contributed by atoms with van der Waals surface area (Å²) in [5.74, 6) is 0. The second kappa shape index (κ2) is 5.61. The summed E-state index contributed by atoms with van der Waals surface area (Å²) in [5, 5.41) is 0.526. The molecular formula is C17H17ClN4. The van der Waals surface area contributed by atoms with Crippen LogP contribution in [-0.4, -0.2) is 19.5 Å². The quantitative estimate of drug-likeness (QED) is 0.568. The molecule has 3 heterocycles. The highest BCUT2D eigenvalue weighted by molar-refractivity contribution is 6.29.